The van der Waals surface area contributed by atoms with E-state index in [9.17, 15) is 0 Å². The summed E-state index contributed by atoms with van der Waals surface area (Å²) in [7, 11) is 3.34. The van der Waals surface area contributed by atoms with Gasteiger partial charge in [0.15, 0.2) is 5.82 Å². The molecule has 0 spiro atoms. The summed E-state index contributed by atoms with van der Waals surface area (Å²) in [5.74, 6) is 3.07. The second-order valence-corrected chi connectivity index (χ2v) is 9.61. The fraction of sp³-hybridized carbons (Fsp3) is 0.333. The molecular weight excluding hydrogens is 480 g/mol. The summed E-state index contributed by atoms with van der Waals surface area (Å²) in [5.41, 5.74) is 1.80. The molecule has 1 N–H and O–H groups in total. The molecule has 0 amide bonds. The Balaban J connectivity index is 1.66. The topological polar surface area (TPSA) is 59.5 Å². The number of thiophene rings is 1. The van der Waals surface area contributed by atoms with Gasteiger partial charge in [-0.2, -0.15) is 0 Å². The molecule has 0 fully saturated rings. The van der Waals surface area contributed by atoms with Crippen LogP contribution in [0.25, 0.3) is 32.0 Å². The predicted octanol–water partition coefficient (Wildman–Crippen LogP) is 6.84. The largest absolute Gasteiger partial charge is 0.497 e. The third kappa shape index (κ3) is 5.86. The van der Waals surface area contributed by atoms with Crippen LogP contribution in [0.5, 0.6) is 11.5 Å². The fourth-order valence-corrected chi connectivity index (χ4v) is 5.13. The highest BCUT2D eigenvalue weighted by Gasteiger charge is 2.15. The van der Waals surface area contributed by atoms with Crippen molar-refractivity contribution in [1.29, 1.82) is 0 Å². The van der Waals surface area contributed by atoms with Crippen molar-refractivity contribution < 1.29 is 9.47 Å². The van der Waals surface area contributed by atoms with E-state index < -0.39 is 0 Å². The van der Waals surface area contributed by atoms with E-state index in [0.717, 1.165) is 76.1 Å². The first-order valence-electron chi connectivity index (χ1n) is 11.8. The molecule has 0 atom stereocenters. The van der Waals surface area contributed by atoms with E-state index in [1.54, 1.807) is 25.6 Å². The van der Waals surface area contributed by atoms with Crippen molar-refractivity contribution in [2.75, 3.05) is 45.7 Å². The normalized spacial score (nSPS) is 11.3. The minimum absolute atomic E-state index is 0.655. The Hall–Kier alpha value is -2.87. The lowest BCUT2D eigenvalue weighted by Crippen LogP contribution is -2.25. The molecule has 184 valence electrons. The molecule has 2 aromatic carbocycles. The maximum Gasteiger partial charge on any atom is 0.172 e. The number of methoxy groups -OCH3 is 2. The van der Waals surface area contributed by atoms with Crippen LogP contribution in [0.4, 0.5) is 5.82 Å². The molecule has 6 nitrogen and oxygen atoms in total. The van der Waals surface area contributed by atoms with E-state index in [0.29, 0.717) is 10.8 Å². The lowest BCUT2D eigenvalue weighted by atomic mass is 10.1. The molecule has 0 saturated heterocycles. The second-order valence-electron chi connectivity index (χ2n) is 8.09. The van der Waals surface area contributed by atoms with Crippen molar-refractivity contribution in [2.45, 2.75) is 20.3 Å². The molecular formula is C27H31ClN4O2S. The van der Waals surface area contributed by atoms with Crippen LogP contribution in [-0.4, -0.2) is 55.3 Å². The lowest BCUT2D eigenvalue weighted by Gasteiger charge is -2.18. The maximum atomic E-state index is 6.30. The monoisotopic (exact) mass is 510 g/mol. The zero-order valence-corrected chi connectivity index (χ0v) is 22.2. The van der Waals surface area contributed by atoms with Gasteiger partial charge in [0.25, 0.3) is 0 Å². The summed E-state index contributed by atoms with van der Waals surface area (Å²) in [6.45, 7) is 8.41. The number of anilines is 1. The number of nitrogens with one attached hydrogen (secondary N) is 1. The molecule has 0 unspecified atom stereocenters. The van der Waals surface area contributed by atoms with Gasteiger partial charge in [0.2, 0.25) is 0 Å². The number of hydrogen-bond acceptors (Lipinski definition) is 7. The number of ether oxygens (including phenoxy) is 2. The van der Waals surface area contributed by atoms with Gasteiger partial charge in [0.05, 0.1) is 24.6 Å². The van der Waals surface area contributed by atoms with Gasteiger partial charge >= 0.3 is 0 Å². The Morgan fingerprint density at radius 2 is 1.74 bits per heavy atom. The van der Waals surface area contributed by atoms with Crippen LogP contribution in [0.15, 0.2) is 48.5 Å². The van der Waals surface area contributed by atoms with Gasteiger partial charge < -0.3 is 19.7 Å². The van der Waals surface area contributed by atoms with E-state index in [1.165, 1.54) is 0 Å². The van der Waals surface area contributed by atoms with Crippen molar-refractivity contribution in [3.8, 4) is 32.6 Å². The molecule has 8 heteroatoms. The molecule has 0 aliphatic carbocycles. The van der Waals surface area contributed by atoms with Crippen LogP contribution in [0, 0.1) is 0 Å². The van der Waals surface area contributed by atoms with Crippen LogP contribution in [0.3, 0.4) is 0 Å². The molecule has 0 aliphatic rings. The second kappa shape index (κ2) is 11.7. The molecule has 0 radical (unpaired) electrons. The summed E-state index contributed by atoms with van der Waals surface area (Å²) in [6.07, 6.45) is 1.04. The molecule has 4 rings (SSSR count). The van der Waals surface area contributed by atoms with Crippen molar-refractivity contribution in [1.82, 2.24) is 14.9 Å². The van der Waals surface area contributed by atoms with Crippen LogP contribution in [0.1, 0.15) is 20.3 Å². The van der Waals surface area contributed by atoms with Crippen molar-refractivity contribution in [3.05, 3.63) is 53.6 Å². The molecule has 0 saturated carbocycles. The van der Waals surface area contributed by atoms with Crippen molar-refractivity contribution >= 4 is 39.7 Å². The minimum atomic E-state index is 0.655. The van der Waals surface area contributed by atoms with Crippen LogP contribution < -0.4 is 14.8 Å². The van der Waals surface area contributed by atoms with Gasteiger partial charge in [-0.15, -0.1) is 11.3 Å². The zero-order valence-electron chi connectivity index (χ0n) is 20.6. The standard InChI is InChI=1S/C27H31ClN4O2S/c1-5-32(6-2)15-7-14-29-26-20-10-8-18(28)16-22(20)30-27(31-26)25-13-12-24(35-25)21-17-19(33-3)9-11-23(21)34-4/h8-13,16-17H,5-7,14-15H2,1-4H3,(H,29,30,31). The Bertz CT molecular complexity index is 1290. The number of halogens is 1. The predicted molar refractivity (Wildman–Crippen MR) is 147 cm³/mol. The Kier molecular flexibility index (Phi) is 8.44. The van der Waals surface area contributed by atoms with Gasteiger partial charge in [0, 0.05) is 27.4 Å². The first-order chi connectivity index (χ1) is 17.1. The third-order valence-corrected chi connectivity index (χ3v) is 7.35. The first-order valence-corrected chi connectivity index (χ1v) is 13.0. The highest BCUT2D eigenvalue weighted by Crippen LogP contribution is 2.40. The van der Waals surface area contributed by atoms with E-state index in [1.807, 2.05) is 36.4 Å². The summed E-state index contributed by atoms with van der Waals surface area (Å²) in [6, 6.07) is 15.7. The number of rotatable bonds is 11. The molecule has 35 heavy (non-hydrogen) atoms. The van der Waals surface area contributed by atoms with Gasteiger partial charge in [-0.1, -0.05) is 25.4 Å². The van der Waals surface area contributed by atoms with Gasteiger partial charge in [-0.25, -0.2) is 9.97 Å². The quantitative estimate of drug-likeness (QED) is 0.223. The molecule has 0 aliphatic heterocycles. The van der Waals surface area contributed by atoms with Gasteiger partial charge in [0.1, 0.15) is 17.3 Å². The van der Waals surface area contributed by atoms with E-state index in [4.69, 9.17) is 31.0 Å². The molecule has 0 bridgehead atoms. The lowest BCUT2D eigenvalue weighted by molar-refractivity contribution is 0.303. The fourth-order valence-electron chi connectivity index (χ4n) is 4.01. The Morgan fingerprint density at radius 3 is 2.49 bits per heavy atom. The molecule has 4 aromatic rings. The number of hydrogen-bond donors (Lipinski definition) is 1. The number of fused-ring (bicyclic) bond motifs is 1. The Morgan fingerprint density at radius 1 is 0.943 bits per heavy atom. The van der Waals surface area contributed by atoms with Crippen LogP contribution in [0.2, 0.25) is 5.02 Å². The smallest absolute Gasteiger partial charge is 0.172 e. The van der Waals surface area contributed by atoms with Crippen LogP contribution in [-0.2, 0) is 0 Å². The van der Waals surface area contributed by atoms with Gasteiger partial charge in [-0.05, 0) is 74.6 Å². The SMILES string of the molecule is CCN(CC)CCCNc1nc(-c2ccc(-c3cc(OC)ccc3OC)s2)nc2cc(Cl)ccc12. The minimum Gasteiger partial charge on any atom is -0.497 e. The maximum absolute atomic E-state index is 6.30. The van der Waals surface area contributed by atoms with E-state index >= 15 is 0 Å². The highest BCUT2D eigenvalue weighted by atomic mass is 35.5. The first kappa shape index (κ1) is 25.2. The average Bonchev–Trinajstić information content (AvgIpc) is 3.38. The molecule has 2 aromatic heterocycles. The van der Waals surface area contributed by atoms with E-state index in [-0.39, 0.29) is 0 Å². The van der Waals surface area contributed by atoms with Crippen molar-refractivity contribution in [3.63, 3.8) is 0 Å². The third-order valence-electron chi connectivity index (χ3n) is 6.00. The zero-order chi connectivity index (χ0) is 24.8. The average molecular weight is 511 g/mol. The highest BCUT2D eigenvalue weighted by molar-refractivity contribution is 7.18. The number of benzene rings is 2. The summed E-state index contributed by atoms with van der Waals surface area (Å²) >= 11 is 7.92. The Labute approximate surface area is 215 Å². The number of nitrogens with zero attached hydrogens (tertiary/aromatic N) is 3. The number of aromatic nitrogens is 2. The van der Waals surface area contributed by atoms with Crippen LogP contribution >= 0.6 is 22.9 Å². The summed E-state index contributed by atoms with van der Waals surface area (Å²) < 4.78 is 11.0. The van der Waals surface area contributed by atoms with Gasteiger partial charge in [-0.3, -0.25) is 0 Å². The summed E-state index contributed by atoms with van der Waals surface area (Å²) in [5, 5.41) is 5.16. The van der Waals surface area contributed by atoms with Crippen molar-refractivity contribution in [2.24, 2.45) is 0 Å². The van der Waals surface area contributed by atoms with E-state index in [2.05, 4.69) is 36.2 Å². The summed E-state index contributed by atoms with van der Waals surface area (Å²) in [4.78, 5) is 14.2. The molecule has 2 heterocycles.